The standard InChI is InChI=1S/C3H8O2.C2HCl3/c1-4-3-5-2;3-1-2(4)5/h3H2,1-2H3;1H. The molecule has 0 aliphatic carbocycles. The van der Waals surface area contributed by atoms with Crippen molar-refractivity contribution in [1.82, 2.24) is 0 Å². The van der Waals surface area contributed by atoms with Gasteiger partial charge in [0.25, 0.3) is 0 Å². The second-order valence-corrected chi connectivity index (χ2v) is 2.32. The van der Waals surface area contributed by atoms with E-state index in [1.54, 1.807) is 14.2 Å². The summed E-state index contributed by atoms with van der Waals surface area (Å²) in [7, 11) is 3.17. The lowest BCUT2D eigenvalue weighted by Crippen LogP contribution is -1.87. The normalized spacial score (nSPS) is 7.70. The Labute approximate surface area is 75.7 Å². The van der Waals surface area contributed by atoms with E-state index in [0.717, 1.165) is 5.54 Å². The van der Waals surface area contributed by atoms with Crippen molar-refractivity contribution >= 4 is 34.8 Å². The molecule has 0 unspecified atom stereocenters. The summed E-state index contributed by atoms with van der Waals surface area (Å²) >= 11 is 14.8. The fourth-order valence-corrected chi connectivity index (χ4v) is 0.118. The molecule has 0 N–H and O–H groups in total. The quantitative estimate of drug-likeness (QED) is 0.648. The Balaban J connectivity index is 0. The van der Waals surface area contributed by atoms with E-state index < -0.39 is 0 Å². The summed E-state index contributed by atoms with van der Waals surface area (Å²) in [6, 6.07) is 0. The van der Waals surface area contributed by atoms with Gasteiger partial charge in [-0.1, -0.05) is 34.8 Å². The van der Waals surface area contributed by atoms with Crippen LogP contribution in [0.25, 0.3) is 0 Å². The highest BCUT2D eigenvalue weighted by Crippen LogP contribution is 2.05. The largest absolute Gasteiger partial charge is 0.359 e. The minimum absolute atomic E-state index is 0.0895. The number of hydrogen-bond acceptors (Lipinski definition) is 2. The van der Waals surface area contributed by atoms with Crippen LogP contribution in [0.15, 0.2) is 10.0 Å². The molecular weight excluding hydrogens is 198 g/mol. The first-order valence-corrected chi connectivity index (χ1v) is 3.47. The van der Waals surface area contributed by atoms with Crippen molar-refractivity contribution in [1.29, 1.82) is 0 Å². The number of hydrogen-bond donors (Lipinski definition) is 0. The van der Waals surface area contributed by atoms with Crippen LogP contribution in [-0.2, 0) is 9.47 Å². The lowest BCUT2D eigenvalue weighted by Gasteiger charge is -1.87. The molecule has 0 fully saturated rings. The molecule has 0 aliphatic rings. The van der Waals surface area contributed by atoms with Gasteiger partial charge < -0.3 is 9.47 Å². The molecule has 0 rings (SSSR count). The molecule has 0 heterocycles. The summed E-state index contributed by atoms with van der Waals surface area (Å²) in [5, 5.41) is 0. The lowest BCUT2D eigenvalue weighted by atomic mass is 11.2. The molecule has 0 aromatic carbocycles. The van der Waals surface area contributed by atoms with Crippen molar-refractivity contribution in [3.05, 3.63) is 10.0 Å². The first-order valence-electron chi connectivity index (χ1n) is 2.28. The van der Waals surface area contributed by atoms with Crippen LogP contribution in [0.4, 0.5) is 0 Å². The predicted molar refractivity (Wildman–Crippen MR) is 44.5 cm³/mol. The monoisotopic (exact) mass is 206 g/mol. The Morgan fingerprint density at radius 2 is 1.60 bits per heavy atom. The fourth-order valence-electron chi connectivity index (χ4n) is 0.118. The van der Waals surface area contributed by atoms with E-state index in [4.69, 9.17) is 34.8 Å². The fraction of sp³-hybridized carbons (Fsp3) is 0.600. The van der Waals surface area contributed by atoms with Gasteiger partial charge in [-0.05, 0) is 0 Å². The second kappa shape index (κ2) is 12.2. The average Bonchev–Trinajstić information content (AvgIpc) is 1.91. The van der Waals surface area contributed by atoms with Crippen LogP contribution in [0.1, 0.15) is 0 Å². The van der Waals surface area contributed by atoms with Crippen LogP contribution in [-0.4, -0.2) is 21.0 Å². The van der Waals surface area contributed by atoms with Crippen molar-refractivity contribution in [3.63, 3.8) is 0 Å². The van der Waals surface area contributed by atoms with Gasteiger partial charge in [-0.25, -0.2) is 0 Å². The van der Waals surface area contributed by atoms with E-state index in [2.05, 4.69) is 9.47 Å². The maximum atomic E-state index is 4.96. The molecule has 5 heteroatoms. The van der Waals surface area contributed by atoms with Gasteiger partial charge in [0.1, 0.15) is 11.3 Å². The van der Waals surface area contributed by atoms with Crippen LogP contribution >= 0.6 is 34.8 Å². The highest BCUT2D eigenvalue weighted by atomic mass is 35.5. The summed E-state index contributed by atoms with van der Waals surface area (Å²) in [6.45, 7) is 0.389. The molecule has 0 radical (unpaired) electrons. The van der Waals surface area contributed by atoms with E-state index in [0.29, 0.717) is 6.79 Å². The first-order chi connectivity index (χ1) is 4.68. The highest BCUT2D eigenvalue weighted by Gasteiger charge is 1.70. The third-order valence-electron chi connectivity index (χ3n) is 0.318. The van der Waals surface area contributed by atoms with Gasteiger partial charge >= 0.3 is 0 Å². The van der Waals surface area contributed by atoms with Gasteiger partial charge in [-0.3, -0.25) is 0 Å². The van der Waals surface area contributed by atoms with Gasteiger partial charge in [0.15, 0.2) is 0 Å². The maximum Gasteiger partial charge on any atom is 0.145 e. The number of ether oxygens (including phenoxy) is 2. The zero-order valence-corrected chi connectivity index (χ0v) is 8.00. The first kappa shape index (κ1) is 13.1. The molecule has 0 aromatic rings. The van der Waals surface area contributed by atoms with E-state index in [9.17, 15) is 0 Å². The lowest BCUT2D eigenvalue weighted by molar-refractivity contribution is -0.00271. The second-order valence-electron chi connectivity index (χ2n) is 1.09. The molecule has 0 aromatic heterocycles. The molecule has 0 aliphatic heterocycles. The van der Waals surface area contributed by atoms with E-state index in [-0.39, 0.29) is 4.49 Å². The molecule has 2 nitrogen and oxygen atoms in total. The SMILES string of the molecule is COCOC.ClC=C(Cl)Cl. The Bertz CT molecular complexity index is 79.0. The van der Waals surface area contributed by atoms with Crippen LogP contribution in [0, 0.1) is 0 Å². The average molecular weight is 207 g/mol. The van der Waals surface area contributed by atoms with E-state index >= 15 is 0 Å². The molecule has 0 bridgehead atoms. The third-order valence-corrected chi connectivity index (χ3v) is 0.978. The van der Waals surface area contributed by atoms with Crippen LogP contribution in [0.5, 0.6) is 0 Å². The van der Waals surface area contributed by atoms with E-state index in [1.807, 2.05) is 0 Å². The predicted octanol–water partition coefficient (Wildman–Crippen LogP) is 2.74. The van der Waals surface area contributed by atoms with Crippen molar-refractivity contribution < 1.29 is 9.47 Å². The van der Waals surface area contributed by atoms with Crippen molar-refractivity contribution in [2.45, 2.75) is 0 Å². The molecule has 0 amide bonds. The topological polar surface area (TPSA) is 18.5 Å². The molecule has 0 saturated carbocycles. The highest BCUT2D eigenvalue weighted by molar-refractivity contribution is 6.58. The molecular formula is C5H9Cl3O2. The zero-order chi connectivity index (χ0) is 8.41. The Morgan fingerprint density at radius 1 is 1.30 bits per heavy atom. The Morgan fingerprint density at radius 3 is 1.60 bits per heavy atom. The minimum Gasteiger partial charge on any atom is -0.359 e. The summed E-state index contributed by atoms with van der Waals surface area (Å²) in [6.07, 6.45) is 0. The Kier molecular flexibility index (Phi) is 16.1. The van der Waals surface area contributed by atoms with Gasteiger partial charge in [-0.15, -0.1) is 0 Å². The minimum atomic E-state index is 0.0895. The third kappa shape index (κ3) is 23.6. The Hall–Kier alpha value is 0.530. The smallest absolute Gasteiger partial charge is 0.145 e. The summed E-state index contributed by atoms with van der Waals surface area (Å²) in [5.41, 5.74) is 1.09. The molecule has 0 saturated heterocycles. The summed E-state index contributed by atoms with van der Waals surface area (Å²) in [5.74, 6) is 0. The summed E-state index contributed by atoms with van der Waals surface area (Å²) in [4.78, 5) is 0. The molecule has 0 spiro atoms. The van der Waals surface area contributed by atoms with Crippen molar-refractivity contribution in [2.75, 3.05) is 21.0 Å². The van der Waals surface area contributed by atoms with Crippen LogP contribution in [0.3, 0.4) is 0 Å². The number of methoxy groups -OCH3 is 2. The van der Waals surface area contributed by atoms with Gasteiger partial charge in [-0.2, -0.15) is 0 Å². The van der Waals surface area contributed by atoms with Gasteiger partial charge in [0.05, 0.1) is 0 Å². The van der Waals surface area contributed by atoms with Crippen molar-refractivity contribution in [3.8, 4) is 0 Å². The molecule has 10 heavy (non-hydrogen) atoms. The molecule has 62 valence electrons. The van der Waals surface area contributed by atoms with Crippen LogP contribution < -0.4 is 0 Å². The van der Waals surface area contributed by atoms with E-state index in [1.165, 1.54) is 0 Å². The van der Waals surface area contributed by atoms with Crippen LogP contribution in [0.2, 0.25) is 0 Å². The number of halogens is 3. The maximum absolute atomic E-state index is 4.96. The zero-order valence-electron chi connectivity index (χ0n) is 5.73. The van der Waals surface area contributed by atoms with Gasteiger partial charge in [0, 0.05) is 19.8 Å². The van der Waals surface area contributed by atoms with Crippen molar-refractivity contribution in [2.24, 2.45) is 0 Å². The molecule has 0 atom stereocenters. The summed E-state index contributed by atoms with van der Waals surface area (Å²) < 4.78 is 9.03. The van der Waals surface area contributed by atoms with Gasteiger partial charge in [0.2, 0.25) is 0 Å². The number of rotatable bonds is 2.